The highest BCUT2D eigenvalue weighted by Crippen LogP contribution is 1.75. The molecule has 0 aromatic rings. The number of aliphatic hydroxyl groups excluding tert-OH is 3. The largest absolute Gasteiger partial charge is 0.394 e. The van der Waals surface area contributed by atoms with Crippen LogP contribution in [0.1, 0.15) is 20.8 Å². The van der Waals surface area contributed by atoms with Gasteiger partial charge in [-0.25, -0.2) is 0 Å². The van der Waals surface area contributed by atoms with Crippen molar-refractivity contribution in [1.29, 1.82) is 0 Å². The zero-order valence-electron chi connectivity index (χ0n) is 11.9. The van der Waals surface area contributed by atoms with E-state index in [1.54, 1.807) is 0 Å². The van der Waals surface area contributed by atoms with Gasteiger partial charge in [0.15, 0.2) is 0 Å². The highest BCUT2D eigenvalue weighted by Gasteiger charge is 1.81. The summed E-state index contributed by atoms with van der Waals surface area (Å²) in [6.07, 6.45) is 0. The van der Waals surface area contributed by atoms with Crippen LogP contribution in [0.15, 0.2) is 0 Å². The van der Waals surface area contributed by atoms with E-state index in [9.17, 15) is 0 Å². The Hall–Kier alpha value is -0.240. The second kappa shape index (κ2) is 30.1. The van der Waals surface area contributed by atoms with Gasteiger partial charge < -0.3 is 29.5 Å². The van der Waals surface area contributed by atoms with E-state index in [0.29, 0.717) is 13.2 Å². The minimum Gasteiger partial charge on any atom is -0.394 e. The maximum Gasteiger partial charge on any atom is 0.0700 e. The van der Waals surface area contributed by atoms with Crippen molar-refractivity contribution in [3.05, 3.63) is 0 Å². The Morgan fingerprint density at radius 2 is 0.889 bits per heavy atom. The second-order valence-electron chi connectivity index (χ2n) is 2.76. The van der Waals surface area contributed by atoms with Crippen molar-refractivity contribution in [3.63, 3.8) is 0 Å². The van der Waals surface area contributed by atoms with Crippen LogP contribution in [0, 0.1) is 0 Å². The lowest BCUT2D eigenvalue weighted by atomic mass is 10.7. The van der Waals surface area contributed by atoms with E-state index in [1.807, 2.05) is 20.8 Å². The molecule has 0 bridgehead atoms. The van der Waals surface area contributed by atoms with E-state index < -0.39 is 0 Å². The molecule has 0 aliphatic carbocycles. The molecule has 0 atom stereocenters. The number of hydrogen-bond donors (Lipinski definition) is 3. The van der Waals surface area contributed by atoms with Crippen LogP contribution in [0.3, 0.4) is 0 Å². The Labute approximate surface area is 110 Å². The summed E-state index contributed by atoms with van der Waals surface area (Å²) in [5, 5.41) is 23.3. The van der Waals surface area contributed by atoms with Crippen LogP contribution in [0.2, 0.25) is 0 Å². The summed E-state index contributed by atoms with van der Waals surface area (Å²) < 4.78 is 14.8. The van der Waals surface area contributed by atoms with E-state index in [2.05, 4.69) is 0 Å². The fraction of sp³-hybridized carbons (Fsp3) is 1.00. The summed E-state index contributed by atoms with van der Waals surface area (Å²) in [5.41, 5.74) is 0. The number of aliphatic hydroxyl groups is 3. The Bertz CT molecular complexity index is 90.6. The minimum atomic E-state index is -0.125. The van der Waals surface area contributed by atoms with Crippen LogP contribution in [0.4, 0.5) is 0 Å². The molecule has 0 aromatic carbocycles. The molecule has 0 amide bonds. The number of rotatable bonds is 9. The first-order chi connectivity index (χ1) is 8.74. The molecule has 0 fully saturated rings. The Morgan fingerprint density at radius 1 is 0.556 bits per heavy atom. The lowest BCUT2D eigenvalue weighted by molar-refractivity contribution is 0.0584. The third-order valence-electron chi connectivity index (χ3n) is 1.32. The molecule has 0 radical (unpaired) electrons. The molecule has 0 saturated carbocycles. The van der Waals surface area contributed by atoms with Gasteiger partial charge in [0.2, 0.25) is 0 Å². The molecule has 0 aliphatic rings. The predicted octanol–water partition coefficient (Wildman–Crippen LogP) is 0.0456. The van der Waals surface area contributed by atoms with Crippen molar-refractivity contribution in [2.45, 2.75) is 20.8 Å². The second-order valence-corrected chi connectivity index (χ2v) is 2.76. The zero-order valence-corrected chi connectivity index (χ0v) is 11.9. The molecule has 0 heterocycles. The van der Waals surface area contributed by atoms with Gasteiger partial charge >= 0.3 is 0 Å². The average molecular weight is 270 g/mol. The number of hydrogen-bond acceptors (Lipinski definition) is 6. The summed E-state index contributed by atoms with van der Waals surface area (Å²) in [6, 6.07) is 0. The number of ether oxygens (including phenoxy) is 3. The molecule has 0 aromatic heterocycles. The van der Waals surface area contributed by atoms with E-state index in [0.717, 1.165) is 26.4 Å². The average Bonchev–Trinajstić information content (AvgIpc) is 2.42. The first kappa shape index (κ1) is 22.9. The first-order valence-electron chi connectivity index (χ1n) is 6.30. The molecule has 0 aliphatic heterocycles. The van der Waals surface area contributed by atoms with Gasteiger partial charge in [-0.1, -0.05) is 0 Å². The summed E-state index contributed by atoms with van der Waals surface area (Å²) in [6.45, 7) is 9.92. The van der Waals surface area contributed by atoms with Crippen molar-refractivity contribution in [2.24, 2.45) is 0 Å². The Kier molecular flexibility index (Phi) is 38.3. The molecule has 0 rings (SSSR count). The Balaban J connectivity index is -0.000000200. The summed E-state index contributed by atoms with van der Waals surface area (Å²) in [4.78, 5) is 0. The van der Waals surface area contributed by atoms with Crippen LogP contribution in [-0.4, -0.2) is 74.8 Å². The van der Waals surface area contributed by atoms with Gasteiger partial charge in [0, 0.05) is 19.8 Å². The van der Waals surface area contributed by atoms with Crippen LogP contribution in [0.5, 0.6) is 0 Å². The monoisotopic (exact) mass is 270 g/mol. The van der Waals surface area contributed by atoms with Crippen LogP contribution in [0.25, 0.3) is 0 Å². The first-order valence-corrected chi connectivity index (χ1v) is 6.30. The van der Waals surface area contributed by atoms with Crippen molar-refractivity contribution in [1.82, 2.24) is 0 Å². The molecule has 0 saturated heterocycles. The van der Waals surface area contributed by atoms with Gasteiger partial charge in [0.05, 0.1) is 39.6 Å². The van der Waals surface area contributed by atoms with E-state index in [4.69, 9.17) is 29.5 Å². The van der Waals surface area contributed by atoms with Crippen molar-refractivity contribution in [2.75, 3.05) is 59.5 Å². The van der Waals surface area contributed by atoms with Crippen LogP contribution >= 0.6 is 0 Å². The van der Waals surface area contributed by atoms with E-state index in [-0.39, 0.29) is 19.8 Å². The van der Waals surface area contributed by atoms with Gasteiger partial charge in [0.1, 0.15) is 0 Å². The van der Waals surface area contributed by atoms with E-state index >= 15 is 0 Å². The molecule has 6 nitrogen and oxygen atoms in total. The van der Waals surface area contributed by atoms with Gasteiger partial charge in [-0.2, -0.15) is 0 Å². The fourth-order valence-electron chi connectivity index (χ4n) is 0.615. The molecule has 6 heteroatoms. The quantitative estimate of drug-likeness (QED) is 0.513. The standard InChI is InChI=1S/C6H14O2.C4H10O2.C2H6O2/c1-3-7-5-6-8-4-2;1-2-6-4-3-5;3-1-2-4/h3-6H2,1-2H3;5H,2-4H2,1H3;3-4H,1-2H2. The van der Waals surface area contributed by atoms with Gasteiger partial charge in [-0.15, -0.1) is 0 Å². The summed E-state index contributed by atoms with van der Waals surface area (Å²) >= 11 is 0. The topological polar surface area (TPSA) is 88.4 Å². The molecule has 0 unspecified atom stereocenters. The SMILES string of the molecule is CCOCCO.CCOCCOCC.OCCO. The van der Waals surface area contributed by atoms with Crippen molar-refractivity contribution < 1.29 is 29.5 Å². The van der Waals surface area contributed by atoms with E-state index in [1.165, 1.54) is 0 Å². The molecular weight excluding hydrogens is 240 g/mol. The van der Waals surface area contributed by atoms with Crippen molar-refractivity contribution in [3.8, 4) is 0 Å². The van der Waals surface area contributed by atoms with Gasteiger partial charge in [-0.05, 0) is 20.8 Å². The maximum absolute atomic E-state index is 8.07. The normalized spacial score (nSPS) is 9.00. The minimum absolute atomic E-state index is 0.125. The van der Waals surface area contributed by atoms with Gasteiger partial charge in [-0.3, -0.25) is 0 Å². The lowest BCUT2D eigenvalue weighted by Crippen LogP contribution is -2.02. The van der Waals surface area contributed by atoms with Gasteiger partial charge in [0.25, 0.3) is 0 Å². The highest BCUT2D eigenvalue weighted by atomic mass is 16.5. The molecule has 0 spiro atoms. The third kappa shape index (κ3) is 44.7. The Morgan fingerprint density at radius 3 is 1.06 bits per heavy atom. The lowest BCUT2D eigenvalue weighted by Gasteiger charge is -1.99. The zero-order chi connectivity index (χ0) is 14.5. The van der Waals surface area contributed by atoms with Crippen LogP contribution < -0.4 is 0 Å². The summed E-state index contributed by atoms with van der Waals surface area (Å²) in [5.74, 6) is 0. The molecule has 3 N–H and O–H groups in total. The molecule has 18 heavy (non-hydrogen) atoms. The fourth-order valence-corrected chi connectivity index (χ4v) is 0.615. The summed E-state index contributed by atoms with van der Waals surface area (Å²) in [7, 11) is 0. The maximum atomic E-state index is 8.07. The van der Waals surface area contributed by atoms with Crippen molar-refractivity contribution >= 4 is 0 Å². The molecule has 114 valence electrons. The predicted molar refractivity (Wildman–Crippen MR) is 70.7 cm³/mol. The van der Waals surface area contributed by atoms with Crippen LogP contribution in [-0.2, 0) is 14.2 Å². The highest BCUT2D eigenvalue weighted by molar-refractivity contribution is 4.24. The molecular formula is C12H30O6. The third-order valence-corrected chi connectivity index (χ3v) is 1.32. The smallest absolute Gasteiger partial charge is 0.0700 e.